The lowest BCUT2D eigenvalue weighted by Gasteiger charge is -2.36. The van der Waals surface area contributed by atoms with Crippen LogP contribution in [0.2, 0.25) is 0 Å². The van der Waals surface area contributed by atoms with Gasteiger partial charge >= 0.3 is 0 Å². The highest BCUT2D eigenvalue weighted by atomic mass is 16.5. The van der Waals surface area contributed by atoms with Gasteiger partial charge < -0.3 is 19.9 Å². The van der Waals surface area contributed by atoms with Gasteiger partial charge in [-0.2, -0.15) is 0 Å². The molecule has 39 heavy (non-hydrogen) atoms. The number of amides is 1. The summed E-state index contributed by atoms with van der Waals surface area (Å²) in [5.41, 5.74) is 7.35. The minimum atomic E-state index is 0.107. The van der Waals surface area contributed by atoms with Crippen LogP contribution in [0.3, 0.4) is 0 Å². The standard InChI is InChI=1S/C31H34N6O2/c1-19-11-25(24-7-8-28(39-4)32-14-24)13-27-29(19)33-18-34-30(27)36-10-9-22-5-6-23(12-26(22)17-36)31(38)37-15-20(2)35-21(3)16-37/h5-8,11-14,18,20-21,35H,9-10,15-17H2,1-4H3. The second-order valence-electron chi connectivity index (χ2n) is 10.8. The number of anilines is 1. The molecule has 0 saturated carbocycles. The molecule has 1 fully saturated rings. The van der Waals surface area contributed by atoms with Gasteiger partial charge in [0, 0.05) is 67.0 Å². The molecule has 0 bridgehead atoms. The first-order valence-electron chi connectivity index (χ1n) is 13.6. The summed E-state index contributed by atoms with van der Waals surface area (Å²) < 4.78 is 5.23. The molecule has 0 radical (unpaired) electrons. The number of nitrogens with zero attached hydrogens (tertiary/aromatic N) is 5. The SMILES string of the molecule is COc1ccc(-c2cc(C)c3ncnc(N4CCc5ccc(C(=O)N6CC(C)NC(C)C6)cc5C4)c3c2)cn1. The molecule has 2 aromatic heterocycles. The van der Waals surface area contributed by atoms with Gasteiger partial charge in [0.1, 0.15) is 12.1 Å². The number of hydrogen-bond donors (Lipinski definition) is 1. The number of rotatable bonds is 4. The van der Waals surface area contributed by atoms with Crippen molar-refractivity contribution in [1.29, 1.82) is 0 Å². The van der Waals surface area contributed by atoms with Gasteiger partial charge in [-0.15, -0.1) is 0 Å². The summed E-state index contributed by atoms with van der Waals surface area (Å²) in [6.45, 7) is 9.35. The van der Waals surface area contributed by atoms with E-state index in [0.717, 1.165) is 65.0 Å². The molecule has 2 atom stereocenters. The molecule has 4 aromatic rings. The molecule has 200 valence electrons. The van der Waals surface area contributed by atoms with Crippen LogP contribution < -0.4 is 15.0 Å². The third-order valence-electron chi connectivity index (χ3n) is 7.80. The van der Waals surface area contributed by atoms with Gasteiger partial charge in [0.15, 0.2) is 0 Å². The van der Waals surface area contributed by atoms with Crippen molar-refractivity contribution in [2.75, 3.05) is 31.6 Å². The number of fused-ring (bicyclic) bond motifs is 2. The zero-order valence-electron chi connectivity index (χ0n) is 22.9. The van der Waals surface area contributed by atoms with E-state index >= 15 is 0 Å². The van der Waals surface area contributed by atoms with E-state index in [1.807, 2.05) is 29.3 Å². The zero-order chi connectivity index (χ0) is 27.1. The fourth-order valence-electron chi connectivity index (χ4n) is 5.97. The Hall–Kier alpha value is -4.04. The van der Waals surface area contributed by atoms with Crippen LogP contribution in [0.15, 0.2) is 55.0 Å². The number of carbonyl (C=O) groups excluding carboxylic acids is 1. The molecular weight excluding hydrogens is 488 g/mol. The Morgan fingerprint density at radius 3 is 2.54 bits per heavy atom. The summed E-state index contributed by atoms with van der Waals surface area (Å²) in [5, 5.41) is 4.52. The monoisotopic (exact) mass is 522 g/mol. The number of carbonyl (C=O) groups is 1. The van der Waals surface area contributed by atoms with E-state index in [2.05, 4.69) is 65.2 Å². The zero-order valence-corrected chi connectivity index (χ0v) is 22.9. The molecule has 0 spiro atoms. The first-order valence-corrected chi connectivity index (χ1v) is 13.6. The molecule has 2 aliphatic rings. The Balaban J connectivity index is 1.32. The molecule has 0 aliphatic carbocycles. The summed E-state index contributed by atoms with van der Waals surface area (Å²) >= 11 is 0. The van der Waals surface area contributed by atoms with Crippen LogP contribution in [0.4, 0.5) is 5.82 Å². The largest absolute Gasteiger partial charge is 0.481 e. The molecule has 6 rings (SSSR count). The average Bonchev–Trinajstić information content (AvgIpc) is 2.95. The fourth-order valence-corrected chi connectivity index (χ4v) is 5.97. The molecular formula is C31H34N6O2. The second-order valence-corrected chi connectivity index (χ2v) is 10.8. The number of pyridine rings is 1. The van der Waals surface area contributed by atoms with Crippen LogP contribution in [0.5, 0.6) is 5.88 Å². The van der Waals surface area contributed by atoms with Crippen LogP contribution in [0.25, 0.3) is 22.0 Å². The van der Waals surface area contributed by atoms with Crippen LogP contribution in [-0.4, -0.2) is 64.6 Å². The molecule has 1 amide bonds. The van der Waals surface area contributed by atoms with Gasteiger partial charge in [0.25, 0.3) is 5.91 Å². The van der Waals surface area contributed by atoms with E-state index in [1.165, 1.54) is 11.1 Å². The summed E-state index contributed by atoms with van der Waals surface area (Å²) in [6.07, 6.45) is 4.39. The fraction of sp³-hybridized carbons (Fsp3) is 0.355. The maximum absolute atomic E-state index is 13.4. The molecule has 8 nitrogen and oxygen atoms in total. The summed E-state index contributed by atoms with van der Waals surface area (Å²) in [5.74, 6) is 1.61. The van der Waals surface area contributed by atoms with Gasteiger partial charge in [0.2, 0.25) is 5.88 Å². The van der Waals surface area contributed by atoms with Crippen molar-refractivity contribution in [2.45, 2.75) is 45.8 Å². The smallest absolute Gasteiger partial charge is 0.253 e. The first-order chi connectivity index (χ1) is 18.9. The Bertz CT molecular complexity index is 1530. The van der Waals surface area contributed by atoms with Gasteiger partial charge in [-0.3, -0.25) is 4.79 Å². The molecule has 4 heterocycles. The van der Waals surface area contributed by atoms with E-state index in [-0.39, 0.29) is 5.91 Å². The average molecular weight is 523 g/mol. The third-order valence-corrected chi connectivity index (χ3v) is 7.80. The van der Waals surface area contributed by atoms with Crippen molar-refractivity contribution in [3.05, 3.63) is 77.2 Å². The van der Waals surface area contributed by atoms with Crippen molar-refractivity contribution in [3.8, 4) is 17.0 Å². The third kappa shape index (κ3) is 4.92. The Labute approximate surface area is 229 Å². The number of ether oxygens (including phenoxy) is 1. The van der Waals surface area contributed by atoms with Crippen LogP contribution >= 0.6 is 0 Å². The van der Waals surface area contributed by atoms with Crippen molar-refractivity contribution in [1.82, 2.24) is 25.2 Å². The van der Waals surface area contributed by atoms with E-state index in [9.17, 15) is 4.79 Å². The predicted octanol–water partition coefficient (Wildman–Crippen LogP) is 4.39. The van der Waals surface area contributed by atoms with E-state index in [4.69, 9.17) is 9.72 Å². The molecule has 1 N–H and O–H groups in total. The number of benzene rings is 2. The minimum absolute atomic E-state index is 0.107. The summed E-state index contributed by atoms with van der Waals surface area (Å²) in [7, 11) is 1.62. The summed E-state index contributed by atoms with van der Waals surface area (Å²) in [4.78, 5) is 31.4. The minimum Gasteiger partial charge on any atom is -0.481 e. The highest BCUT2D eigenvalue weighted by Crippen LogP contribution is 2.33. The quantitative estimate of drug-likeness (QED) is 0.426. The second kappa shape index (κ2) is 10.3. The lowest BCUT2D eigenvalue weighted by atomic mass is 9.96. The van der Waals surface area contributed by atoms with Gasteiger partial charge in [-0.1, -0.05) is 6.07 Å². The number of methoxy groups -OCH3 is 1. The van der Waals surface area contributed by atoms with Crippen molar-refractivity contribution in [2.24, 2.45) is 0 Å². The number of hydrogen-bond acceptors (Lipinski definition) is 7. The lowest BCUT2D eigenvalue weighted by molar-refractivity contribution is 0.0673. The Morgan fingerprint density at radius 1 is 0.974 bits per heavy atom. The van der Waals surface area contributed by atoms with E-state index in [0.29, 0.717) is 24.5 Å². The van der Waals surface area contributed by atoms with E-state index < -0.39 is 0 Å². The number of aromatic nitrogens is 3. The number of aryl methyl sites for hydroxylation is 1. The topological polar surface area (TPSA) is 83.5 Å². The molecule has 1 saturated heterocycles. The van der Waals surface area contributed by atoms with Gasteiger partial charge in [-0.05, 0) is 79.8 Å². The van der Waals surface area contributed by atoms with Crippen molar-refractivity contribution in [3.63, 3.8) is 0 Å². The molecule has 2 aliphatic heterocycles. The van der Waals surface area contributed by atoms with Crippen molar-refractivity contribution < 1.29 is 9.53 Å². The van der Waals surface area contributed by atoms with Crippen LogP contribution in [-0.2, 0) is 13.0 Å². The van der Waals surface area contributed by atoms with Crippen molar-refractivity contribution >= 4 is 22.6 Å². The molecule has 2 unspecified atom stereocenters. The van der Waals surface area contributed by atoms with E-state index in [1.54, 1.807) is 13.4 Å². The number of nitrogens with one attached hydrogen (secondary N) is 1. The number of piperazine rings is 1. The van der Waals surface area contributed by atoms with Gasteiger partial charge in [0.05, 0.1) is 12.6 Å². The normalized spacial score (nSPS) is 19.2. The maximum Gasteiger partial charge on any atom is 0.253 e. The van der Waals surface area contributed by atoms with Crippen LogP contribution in [0.1, 0.15) is 40.9 Å². The van der Waals surface area contributed by atoms with Gasteiger partial charge in [-0.25, -0.2) is 15.0 Å². The predicted molar refractivity (Wildman–Crippen MR) is 153 cm³/mol. The van der Waals surface area contributed by atoms with Crippen LogP contribution in [0, 0.1) is 6.92 Å². The first kappa shape index (κ1) is 25.2. The summed E-state index contributed by atoms with van der Waals surface area (Å²) in [6, 6.07) is 15.0. The highest BCUT2D eigenvalue weighted by Gasteiger charge is 2.27. The highest BCUT2D eigenvalue weighted by molar-refractivity contribution is 5.96. The Kier molecular flexibility index (Phi) is 6.64. The lowest BCUT2D eigenvalue weighted by Crippen LogP contribution is -2.55. The molecule has 2 aromatic carbocycles. The molecule has 8 heteroatoms. The Morgan fingerprint density at radius 2 is 1.79 bits per heavy atom. The maximum atomic E-state index is 13.4.